The molecule has 0 radical (unpaired) electrons. The Kier molecular flexibility index (Phi) is 6.04. The molecule has 0 saturated carbocycles. The number of sulfonamides is 1. The summed E-state index contributed by atoms with van der Waals surface area (Å²) in [5, 5.41) is -0.589. The Hall–Kier alpha value is -1.95. The zero-order valence-corrected chi connectivity index (χ0v) is 16.9. The van der Waals surface area contributed by atoms with Gasteiger partial charge in [-0.1, -0.05) is 23.2 Å². The minimum Gasteiger partial charge on any atom is -0.335 e. The lowest BCUT2D eigenvalue weighted by molar-refractivity contribution is -0.137. The van der Waals surface area contributed by atoms with E-state index in [2.05, 4.69) is 9.97 Å². The first-order chi connectivity index (χ1) is 13.5. The van der Waals surface area contributed by atoms with Crippen LogP contribution in [0.3, 0.4) is 0 Å². The number of amides is 1. The second-order valence-electron chi connectivity index (χ2n) is 6.04. The normalized spacial score (nSPS) is 16.1. The Morgan fingerprint density at radius 2 is 1.76 bits per heavy atom. The maximum absolute atomic E-state index is 12.7. The Morgan fingerprint density at radius 3 is 2.31 bits per heavy atom. The summed E-state index contributed by atoms with van der Waals surface area (Å²) in [6.45, 7) is -0.0426. The molecule has 2 aromatic heterocycles. The fourth-order valence-electron chi connectivity index (χ4n) is 2.73. The van der Waals surface area contributed by atoms with Gasteiger partial charge in [-0.2, -0.15) is 17.5 Å². The molecule has 0 spiro atoms. The van der Waals surface area contributed by atoms with Crippen LogP contribution in [0, 0.1) is 0 Å². The third-order valence-corrected chi connectivity index (χ3v) is 6.87. The first kappa shape index (κ1) is 21.8. The van der Waals surface area contributed by atoms with E-state index in [1.54, 1.807) is 0 Å². The smallest absolute Gasteiger partial charge is 0.335 e. The molecule has 29 heavy (non-hydrogen) atoms. The molecule has 3 heterocycles. The predicted octanol–water partition coefficient (Wildman–Crippen LogP) is 2.95. The van der Waals surface area contributed by atoms with E-state index in [1.165, 1.54) is 23.2 Å². The molecule has 156 valence electrons. The van der Waals surface area contributed by atoms with E-state index < -0.39 is 32.7 Å². The summed E-state index contributed by atoms with van der Waals surface area (Å²) in [4.78, 5) is 21.0. The average Bonchev–Trinajstić information content (AvgIpc) is 2.67. The van der Waals surface area contributed by atoms with E-state index in [0.717, 1.165) is 4.31 Å². The summed E-state index contributed by atoms with van der Waals surface area (Å²) in [7, 11) is -3.90. The Balaban J connectivity index is 1.73. The molecule has 0 unspecified atom stereocenters. The van der Waals surface area contributed by atoms with Gasteiger partial charge in [0.05, 0.1) is 10.6 Å². The lowest BCUT2D eigenvalue weighted by atomic mass is 10.2. The number of hydrogen-bond acceptors (Lipinski definition) is 5. The maximum Gasteiger partial charge on any atom is 0.417 e. The van der Waals surface area contributed by atoms with Crippen LogP contribution in [0.25, 0.3) is 0 Å². The Bertz CT molecular complexity index is 1040. The summed E-state index contributed by atoms with van der Waals surface area (Å²) in [5.41, 5.74) is -1.39. The number of piperazine rings is 1. The highest BCUT2D eigenvalue weighted by Gasteiger charge is 2.35. The highest BCUT2D eigenvalue weighted by atomic mass is 35.5. The molecule has 0 N–H and O–H groups in total. The average molecular weight is 469 g/mol. The van der Waals surface area contributed by atoms with E-state index in [1.807, 2.05) is 0 Å². The third kappa shape index (κ3) is 4.47. The summed E-state index contributed by atoms with van der Waals surface area (Å²) in [5.74, 6) is -0.680. The van der Waals surface area contributed by atoms with Crippen LogP contribution in [0.15, 0.2) is 35.5 Å². The summed E-state index contributed by atoms with van der Waals surface area (Å²) >= 11 is 11.7. The van der Waals surface area contributed by atoms with Crippen LogP contribution in [0.2, 0.25) is 10.2 Å². The van der Waals surface area contributed by atoms with Crippen molar-refractivity contribution in [3.05, 3.63) is 52.0 Å². The van der Waals surface area contributed by atoms with Gasteiger partial charge in [0, 0.05) is 38.6 Å². The van der Waals surface area contributed by atoms with Crippen molar-refractivity contribution >= 4 is 39.1 Å². The maximum atomic E-state index is 12.7. The number of carbonyl (C=O) groups is 1. The predicted molar refractivity (Wildman–Crippen MR) is 98.2 cm³/mol. The molecular formula is C16H13Cl2F3N4O3S. The van der Waals surface area contributed by atoms with Crippen molar-refractivity contribution < 1.29 is 26.4 Å². The van der Waals surface area contributed by atoms with E-state index >= 15 is 0 Å². The highest BCUT2D eigenvalue weighted by molar-refractivity contribution is 7.89. The number of aromatic nitrogens is 2. The van der Waals surface area contributed by atoms with Crippen LogP contribution in [0.5, 0.6) is 0 Å². The Morgan fingerprint density at radius 1 is 1.10 bits per heavy atom. The number of carbonyl (C=O) groups excluding carboxylic acids is 1. The standard InChI is InChI=1S/C16H13Cl2F3N4O3S/c17-11-8-10(16(19,20)21)9-23-13(11)15(26)24-4-6-25(7-5-24)29(27,28)12-2-1-3-22-14(12)18/h1-3,8-9H,4-7H2. The van der Waals surface area contributed by atoms with Gasteiger partial charge in [-0.3, -0.25) is 4.79 Å². The topological polar surface area (TPSA) is 83.5 Å². The minimum absolute atomic E-state index is 0.00890. The van der Waals surface area contributed by atoms with E-state index in [0.29, 0.717) is 12.3 Å². The zero-order valence-electron chi connectivity index (χ0n) is 14.5. The molecule has 3 rings (SSSR count). The molecule has 1 amide bonds. The van der Waals surface area contributed by atoms with E-state index in [-0.39, 0.29) is 41.9 Å². The molecule has 2 aromatic rings. The molecule has 1 aliphatic heterocycles. The van der Waals surface area contributed by atoms with E-state index in [9.17, 15) is 26.4 Å². The van der Waals surface area contributed by atoms with Crippen LogP contribution >= 0.6 is 23.2 Å². The van der Waals surface area contributed by atoms with Gasteiger partial charge in [-0.25, -0.2) is 18.4 Å². The van der Waals surface area contributed by atoms with Crippen LogP contribution in [0.1, 0.15) is 16.1 Å². The summed E-state index contributed by atoms with van der Waals surface area (Å²) < 4.78 is 64.7. The van der Waals surface area contributed by atoms with Gasteiger partial charge in [-0.15, -0.1) is 0 Å². The molecule has 7 nitrogen and oxygen atoms in total. The monoisotopic (exact) mass is 468 g/mol. The van der Waals surface area contributed by atoms with Gasteiger partial charge in [-0.05, 0) is 18.2 Å². The molecule has 1 saturated heterocycles. The van der Waals surface area contributed by atoms with Gasteiger partial charge in [0.25, 0.3) is 5.91 Å². The van der Waals surface area contributed by atoms with Gasteiger partial charge in [0.1, 0.15) is 15.7 Å². The fourth-order valence-corrected chi connectivity index (χ4v) is 4.83. The molecule has 1 aliphatic rings. The number of pyridine rings is 2. The largest absolute Gasteiger partial charge is 0.417 e. The number of halogens is 5. The molecule has 13 heteroatoms. The number of nitrogens with zero attached hydrogens (tertiary/aromatic N) is 4. The first-order valence-corrected chi connectivity index (χ1v) is 10.3. The van der Waals surface area contributed by atoms with Crippen LogP contribution in [0.4, 0.5) is 13.2 Å². The SMILES string of the molecule is O=C(c1ncc(C(F)(F)F)cc1Cl)N1CCN(S(=O)(=O)c2cccnc2Cl)CC1. The minimum atomic E-state index is -4.63. The van der Waals surface area contributed by atoms with Gasteiger partial charge < -0.3 is 4.90 Å². The molecule has 0 bridgehead atoms. The summed E-state index contributed by atoms with van der Waals surface area (Å²) in [6.07, 6.45) is -2.74. The van der Waals surface area contributed by atoms with Crippen molar-refractivity contribution in [2.75, 3.05) is 26.2 Å². The van der Waals surface area contributed by atoms with Gasteiger partial charge in [0.2, 0.25) is 10.0 Å². The third-order valence-electron chi connectivity index (χ3n) is 4.24. The quantitative estimate of drug-likeness (QED) is 0.646. The first-order valence-electron chi connectivity index (χ1n) is 8.14. The molecule has 1 fully saturated rings. The zero-order chi connectivity index (χ0) is 21.4. The lowest BCUT2D eigenvalue weighted by Crippen LogP contribution is -2.50. The molecule has 0 aromatic carbocycles. The lowest BCUT2D eigenvalue weighted by Gasteiger charge is -2.34. The van der Waals surface area contributed by atoms with Crippen molar-refractivity contribution in [3.63, 3.8) is 0 Å². The molecule has 0 atom stereocenters. The van der Waals surface area contributed by atoms with Gasteiger partial charge in [0.15, 0.2) is 0 Å². The molecular weight excluding hydrogens is 456 g/mol. The van der Waals surface area contributed by atoms with Crippen molar-refractivity contribution in [2.45, 2.75) is 11.1 Å². The summed E-state index contributed by atoms with van der Waals surface area (Å²) in [6, 6.07) is 3.40. The number of hydrogen-bond donors (Lipinski definition) is 0. The van der Waals surface area contributed by atoms with Crippen molar-refractivity contribution in [1.82, 2.24) is 19.2 Å². The van der Waals surface area contributed by atoms with Crippen LogP contribution < -0.4 is 0 Å². The highest BCUT2D eigenvalue weighted by Crippen LogP contribution is 2.31. The fraction of sp³-hybridized carbons (Fsp3) is 0.312. The second-order valence-corrected chi connectivity index (χ2v) is 8.71. The number of alkyl halides is 3. The van der Waals surface area contributed by atoms with Crippen molar-refractivity contribution in [2.24, 2.45) is 0 Å². The van der Waals surface area contributed by atoms with Crippen LogP contribution in [-0.4, -0.2) is 59.7 Å². The van der Waals surface area contributed by atoms with E-state index in [4.69, 9.17) is 23.2 Å². The van der Waals surface area contributed by atoms with Crippen molar-refractivity contribution in [1.29, 1.82) is 0 Å². The second kappa shape index (κ2) is 8.05. The molecule has 0 aliphatic carbocycles. The number of rotatable bonds is 3. The Labute approximate surface area is 174 Å². The van der Waals surface area contributed by atoms with Crippen LogP contribution in [-0.2, 0) is 16.2 Å². The van der Waals surface area contributed by atoms with Gasteiger partial charge >= 0.3 is 6.18 Å². The van der Waals surface area contributed by atoms with Crippen molar-refractivity contribution in [3.8, 4) is 0 Å².